The van der Waals surface area contributed by atoms with Crippen LogP contribution in [-0.2, 0) is 0 Å². The molecule has 0 fully saturated rings. The summed E-state index contributed by atoms with van der Waals surface area (Å²) in [4.78, 5) is 1.89. The number of rotatable bonds is 5. The molecule has 0 aliphatic carbocycles. The molecule has 3 nitrogen and oxygen atoms in total. The number of likely N-dealkylation sites (N-methyl/N-ethyl adjacent to an activating group) is 1. The zero-order valence-corrected chi connectivity index (χ0v) is 8.67. The van der Waals surface area contributed by atoms with Crippen LogP contribution in [0, 0.1) is 0 Å². The minimum absolute atomic E-state index is 0.0680. The van der Waals surface area contributed by atoms with E-state index in [9.17, 15) is 5.11 Å². The third-order valence-corrected chi connectivity index (χ3v) is 2.44. The molecule has 2 N–H and O–H groups in total. The molecule has 0 heterocycles. The lowest BCUT2D eigenvalue weighted by molar-refractivity contribution is 0.0431. The van der Waals surface area contributed by atoms with Gasteiger partial charge in [-0.25, -0.2) is 0 Å². The van der Waals surface area contributed by atoms with E-state index in [4.69, 9.17) is 16.7 Å². The normalized spacial score (nSPS) is 15.2. The van der Waals surface area contributed by atoms with E-state index in [2.05, 4.69) is 0 Å². The van der Waals surface area contributed by atoms with Crippen molar-refractivity contribution in [3.05, 3.63) is 0 Å². The summed E-state index contributed by atoms with van der Waals surface area (Å²) < 4.78 is 0. The summed E-state index contributed by atoms with van der Waals surface area (Å²) in [5.74, 6) is 0.228. The molecule has 1 atom stereocenters. The molecular weight excluding hydrogens is 178 g/mol. The molecule has 12 heavy (non-hydrogen) atoms. The monoisotopic (exact) mass is 195 g/mol. The number of halogens is 1. The first kappa shape index (κ1) is 12.2. The predicted molar refractivity (Wildman–Crippen MR) is 50.5 cm³/mol. The van der Waals surface area contributed by atoms with Crippen molar-refractivity contribution in [2.75, 3.05) is 26.1 Å². The maximum Gasteiger partial charge on any atom is 0.0802 e. The molecule has 4 heteroatoms. The number of hydrogen-bond donors (Lipinski definition) is 2. The molecule has 0 aromatic rings. The Morgan fingerprint density at radius 2 is 2.00 bits per heavy atom. The van der Waals surface area contributed by atoms with Crippen molar-refractivity contribution < 1.29 is 10.2 Å². The third kappa shape index (κ3) is 3.72. The van der Waals surface area contributed by atoms with Gasteiger partial charge < -0.3 is 10.2 Å². The minimum atomic E-state index is -0.525. The zero-order chi connectivity index (χ0) is 9.78. The Bertz CT molecular complexity index is 130. The predicted octanol–water partition coefficient (Wildman–Crippen LogP) is 0.289. The van der Waals surface area contributed by atoms with Gasteiger partial charge >= 0.3 is 0 Å². The average molecular weight is 196 g/mol. The van der Waals surface area contributed by atoms with Gasteiger partial charge in [0.15, 0.2) is 0 Å². The molecule has 0 bridgehead atoms. The Hall–Kier alpha value is 0.170. The number of hydrogen-bond acceptors (Lipinski definition) is 3. The number of aliphatic hydroxyl groups excluding tert-OH is 2. The van der Waals surface area contributed by atoms with Crippen molar-refractivity contribution in [1.29, 1.82) is 0 Å². The summed E-state index contributed by atoms with van der Waals surface area (Å²) in [6.45, 7) is 4.37. The van der Waals surface area contributed by atoms with Crippen LogP contribution in [0.25, 0.3) is 0 Å². The van der Waals surface area contributed by atoms with Crippen LogP contribution < -0.4 is 0 Å². The lowest BCUT2D eigenvalue weighted by atomic mass is 10.1. The summed E-state index contributed by atoms with van der Waals surface area (Å²) in [5.41, 5.74) is -0.299. The van der Waals surface area contributed by atoms with E-state index in [-0.39, 0.29) is 18.0 Å². The van der Waals surface area contributed by atoms with Gasteiger partial charge in [-0.1, -0.05) is 0 Å². The molecule has 0 spiro atoms. The smallest absolute Gasteiger partial charge is 0.0802 e. The van der Waals surface area contributed by atoms with Crippen LogP contribution in [0.2, 0.25) is 0 Å². The first-order chi connectivity index (χ1) is 5.44. The van der Waals surface area contributed by atoms with Crippen LogP contribution in [0.1, 0.15) is 13.8 Å². The maximum atomic E-state index is 9.23. The summed E-state index contributed by atoms with van der Waals surface area (Å²) in [6.07, 6.45) is -0.525. The molecule has 0 saturated heterocycles. The molecule has 0 aromatic heterocycles. The highest BCUT2D eigenvalue weighted by Crippen LogP contribution is 2.11. The van der Waals surface area contributed by atoms with Gasteiger partial charge in [-0.15, -0.1) is 11.6 Å². The highest BCUT2D eigenvalue weighted by molar-refractivity contribution is 6.18. The molecule has 0 aliphatic rings. The van der Waals surface area contributed by atoms with Gasteiger partial charge in [0.25, 0.3) is 0 Å². The summed E-state index contributed by atoms with van der Waals surface area (Å²) in [5, 5.41) is 18.2. The Labute approximate surface area is 78.9 Å². The van der Waals surface area contributed by atoms with Crippen LogP contribution in [0.4, 0.5) is 0 Å². The van der Waals surface area contributed by atoms with Crippen LogP contribution >= 0.6 is 11.6 Å². The van der Waals surface area contributed by atoms with E-state index < -0.39 is 6.10 Å². The second kappa shape index (κ2) is 5.02. The van der Waals surface area contributed by atoms with E-state index in [1.165, 1.54) is 0 Å². The van der Waals surface area contributed by atoms with Crippen molar-refractivity contribution in [2.45, 2.75) is 25.5 Å². The van der Waals surface area contributed by atoms with Crippen LogP contribution in [0.5, 0.6) is 0 Å². The quantitative estimate of drug-likeness (QED) is 0.620. The topological polar surface area (TPSA) is 43.7 Å². The van der Waals surface area contributed by atoms with Gasteiger partial charge in [-0.05, 0) is 20.9 Å². The number of aliphatic hydroxyl groups is 2. The molecule has 0 radical (unpaired) electrons. The summed E-state index contributed by atoms with van der Waals surface area (Å²) in [7, 11) is 1.85. The Morgan fingerprint density at radius 1 is 1.50 bits per heavy atom. The van der Waals surface area contributed by atoms with Crippen LogP contribution in [-0.4, -0.2) is 52.8 Å². The van der Waals surface area contributed by atoms with Crippen molar-refractivity contribution in [3.8, 4) is 0 Å². The number of nitrogens with zero attached hydrogens (tertiary/aromatic N) is 1. The zero-order valence-electron chi connectivity index (χ0n) is 7.92. The molecule has 0 aliphatic heterocycles. The summed E-state index contributed by atoms with van der Waals surface area (Å²) >= 11 is 5.45. The van der Waals surface area contributed by atoms with E-state index >= 15 is 0 Å². The Kier molecular flexibility index (Phi) is 5.09. The fourth-order valence-corrected chi connectivity index (χ4v) is 0.830. The first-order valence-corrected chi connectivity index (χ1v) is 4.53. The van der Waals surface area contributed by atoms with Gasteiger partial charge in [-0.3, -0.25) is 4.90 Å². The van der Waals surface area contributed by atoms with Crippen molar-refractivity contribution >= 4 is 11.6 Å². The van der Waals surface area contributed by atoms with Gasteiger partial charge in [0.05, 0.1) is 12.7 Å². The first-order valence-electron chi connectivity index (χ1n) is 4.00. The minimum Gasteiger partial charge on any atom is -0.394 e. The molecule has 0 aromatic carbocycles. The highest BCUT2D eigenvalue weighted by atomic mass is 35.5. The fraction of sp³-hybridized carbons (Fsp3) is 1.00. The van der Waals surface area contributed by atoms with Gasteiger partial charge in [-0.2, -0.15) is 0 Å². The average Bonchev–Trinajstić information content (AvgIpc) is 2.04. The molecule has 74 valence electrons. The molecular formula is C8H18ClNO2. The number of β-amino-alcohol motifs (C(OH)–C–C–N with tert-alkyl or cyclic N) is 1. The van der Waals surface area contributed by atoms with E-state index in [0.717, 1.165) is 0 Å². The lowest BCUT2D eigenvalue weighted by Crippen LogP contribution is -2.47. The second-order valence-corrected chi connectivity index (χ2v) is 3.97. The molecule has 0 amide bonds. The largest absolute Gasteiger partial charge is 0.394 e. The third-order valence-electron chi connectivity index (χ3n) is 2.08. The van der Waals surface area contributed by atoms with Gasteiger partial charge in [0, 0.05) is 18.0 Å². The van der Waals surface area contributed by atoms with E-state index in [1.807, 2.05) is 25.8 Å². The van der Waals surface area contributed by atoms with Gasteiger partial charge in [0.2, 0.25) is 0 Å². The Balaban J connectivity index is 3.93. The van der Waals surface area contributed by atoms with Crippen molar-refractivity contribution in [2.24, 2.45) is 0 Å². The highest BCUT2D eigenvalue weighted by Gasteiger charge is 2.23. The lowest BCUT2D eigenvalue weighted by Gasteiger charge is -2.34. The molecule has 1 unspecified atom stereocenters. The standard InChI is InChI=1S/C8H18ClNO2/c1-8(2,6-11)10(3)5-7(12)4-9/h7,11-12H,4-6H2,1-3H3. The van der Waals surface area contributed by atoms with E-state index in [1.54, 1.807) is 0 Å². The Morgan fingerprint density at radius 3 is 2.33 bits per heavy atom. The summed E-state index contributed by atoms with van der Waals surface area (Å²) in [6, 6.07) is 0. The molecule has 0 saturated carbocycles. The van der Waals surface area contributed by atoms with Crippen molar-refractivity contribution in [1.82, 2.24) is 4.90 Å². The molecule has 0 rings (SSSR count). The number of alkyl halides is 1. The second-order valence-electron chi connectivity index (χ2n) is 3.66. The van der Waals surface area contributed by atoms with Gasteiger partial charge in [0.1, 0.15) is 0 Å². The maximum absolute atomic E-state index is 9.23. The van der Waals surface area contributed by atoms with Crippen molar-refractivity contribution in [3.63, 3.8) is 0 Å². The van der Waals surface area contributed by atoms with E-state index in [0.29, 0.717) is 6.54 Å². The van der Waals surface area contributed by atoms with Crippen LogP contribution in [0.3, 0.4) is 0 Å². The fourth-order valence-electron chi connectivity index (χ4n) is 0.733. The van der Waals surface area contributed by atoms with Crippen LogP contribution in [0.15, 0.2) is 0 Å². The SMILES string of the molecule is CN(CC(O)CCl)C(C)(C)CO.